The Bertz CT molecular complexity index is 1690. The van der Waals surface area contributed by atoms with Crippen molar-refractivity contribution in [2.45, 2.75) is 25.1 Å². The van der Waals surface area contributed by atoms with Crippen molar-refractivity contribution >= 4 is 21.9 Å². The summed E-state index contributed by atoms with van der Waals surface area (Å²) in [6, 6.07) is 12.3. The van der Waals surface area contributed by atoms with Crippen LogP contribution in [0.5, 0.6) is 0 Å². The summed E-state index contributed by atoms with van der Waals surface area (Å²) < 4.78 is 34.1. The number of benzene rings is 2. The van der Waals surface area contributed by atoms with Gasteiger partial charge in [-0.3, -0.25) is 9.67 Å². The van der Waals surface area contributed by atoms with Crippen molar-refractivity contribution in [1.82, 2.24) is 29.2 Å². The highest BCUT2D eigenvalue weighted by Gasteiger charge is 2.34. The summed E-state index contributed by atoms with van der Waals surface area (Å²) in [5.74, 6) is -0.612. The fourth-order valence-corrected chi connectivity index (χ4v) is 5.20. The lowest BCUT2D eigenvalue weighted by Gasteiger charge is -2.34. The molecular formula is C28H25F2N7. The van der Waals surface area contributed by atoms with Gasteiger partial charge in [0.25, 0.3) is 0 Å². The van der Waals surface area contributed by atoms with Gasteiger partial charge in [-0.1, -0.05) is 12.1 Å². The fraction of sp³-hybridized carbons (Fsp3) is 0.286. The number of aryl methyl sites for hydroxylation is 1. The number of nitrogens with zero attached hydrogens (tertiary/aromatic N) is 7. The predicted octanol–water partition coefficient (Wildman–Crippen LogP) is 5.10. The molecule has 3 aromatic heterocycles. The van der Waals surface area contributed by atoms with Crippen LogP contribution in [0.25, 0.3) is 44.3 Å². The molecular weight excluding hydrogens is 472 g/mol. The molecule has 37 heavy (non-hydrogen) atoms. The Hall–Kier alpha value is -4.16. The Labute approximate surface area is 212 Å². The van der Waals surface area contributed by atoms with E-state index in [0.717, 1.165) is 16.5 Å². The Morgan fingerprint density at radius 1 is 1.00 bits per heavy atom. The third-order valence-electron chi connectivity index (χ3n) is 7.40. The highest BCUT2D eigenvalue weighted by atomic mass is 19.1. The molecule has 0 unspecified atom stereocenters. The van der Waals surface area contributed by atoms with E-state index in [1.807, 2.05) is 42.9 Å². The van der Waals surface area contributed by atoms with Gasteiger partial charge < -0.3 is 9.47 Å². The van der Waals surface area contributed by atoms with Gasteiger partial charge in [-0.2, -0.15) is 10.4 Å². The molecule has 0 amide bonds. The highest BCUT2D eigenvalue weighted by molar-refractivity contribution is 6.00. The zero-order valence-corrected chi connectivity index (χ0v) is 20.6. The van der Waals surface area contributed by atoms with Crippen molar-refractivity contribution in [3.05, 3.63) is 66.5 Å². The van der Waals surface area contributed by atoms with E-state index in [9.17, 15) is 9.65 Å². The molecule has 1 aliphatic rings. The second kappa shape index (κ2) is 8.75. The SMILES string of the molecule is CN1CCC(F)(Cn2cnc3c(-c4ccc(C#N)c(F)c4)c(-c4ccc5c(cnn5C)c4)ncc32)CC1. The molecule has 0 radical (unpaired) electrons. The topological polar surface area (TPSA) is 75.6 Å². The van der Waals surface area contributed by atoms with Gasteiger partial charge in [0, 0.05) is 36.7 Å². The van der Waals surface area contributed by atoms with E-state index in [4.69, 9.17) is 4.98 Å². The maximum absolute atomic E-state index is 15.7. The van der Waals surface area contributed by atoms with Crippen LogP contribution in [-0.4, -0.2) is 55.0 Å². The number of halogens is 2. The highest BCUT2D eigenvalue weighted by Crippen LogP contribution is 2.38. The van der Waals surface area contributed by atoms with Crippen LogP contribution in [0.1, 0.15) is 18.4 Å². The average molecular weight is 498 g/mol. The molecule has 1 aliphatic heterocycles. The number of aromatic nitrogens is 5. The third kappa shape index (κ3) is 4.03. The number of alkyl halides is 1. The first-order chi connectivity index (χ1) is 17.8. The van der Waals surface area contributed by atoms with Crippen molar-refractivity contribution in [3.63, 3.8) is 0 Å². The number of rotatable bonds is 4. The largest absolute Gasteiger partial charge is 0.326 e. The summed E-state index contributed by atoms with van der Waals surface area (Å²) >= 11 is 0. The van der Waals surface area contributed by atoms with Crippen molar-refractivity contribution in [2.75, 3.05) is 20.1 Å². The normalized spacial score (nSPS) is 15.9. The van der Waals surface area contributed by atoms with Gasteiger partial charge in [0.2, 0.25) is 0 Å². The number of pyridine rings is 1. The average Bonchev–Trinajstić information content (AvgIpc) is 3.48. The van der Waals surface area contributed by atoms with Crippen molar-refractivity contribution in [2.24, 2.45) is 7.05 Å². The lowest BCUT2D eigenvalue weighted by atomic mass is 9.93. The maximum Gasteiger partial charge on any atom is 0.141 e. The Kier molecular flexibility index (Phi) is 5.50. The van der Waals surface area contributed by atoms with Gasteiger partial charge in [0.15, 0.2) is 0 Å². The minimum Gasteiger partial charge on any atom is -0.326 e. The number of hydrogen-bond donors (Lipinski definition) is 0. The van der Waals surface area contributed by atoms with Crippen LogP contribution in [0.4, 0.5) is 8.78 Å². The molecule has 0 saturated carbocycles. The lowest BCUT2D eigenvalue weighted by Crippen LogP contribution is -2.42. The minimum atomic E-state index is -1.33. The number of imidazole rings is 1. The van der Waals surface area contributed by atoms with Gasteiger partial charge >= 0.3 is 0 Å². The monoisotopic (exact) mass is 497 g/mol. The molecule has 5 aromatic rings. The van der Waals surface area contributed by atoms with Gasteiger partial charge in [-0.15, -0.1) is 0 Å². The molecule has 0 bridgehead atoms. The summed E-state index contributed by atoms with van der Waals surface area (Å²) in [6.45, 7) is 1.59. The molecule has 7 nitrogen and oxygen atoms in total. The van der Waals surface area contributed by atoms with E-state index < -0.39 is 11.5 Å². The molecule has 0 atom stereocenters. The number of fused-ring (bicyclic) bond motifs is 2. The number of likely N-dealkylation sites (tertiary alicyclic amines) is 1. The van der Waals surface area contributed by atoms with Crippen LogP contribution in [-0.2, 0) is 13.6 Å². The van der Waals surface area contributed by atoms with E-state index in [1.54, 1.807) is 29.5 Å². The standard InChI is InChI=1S/C28H25F2N7/c1-35-9-7-28(30,8-10-35)16-37-17-33-27-24(37)15-32-26(19-5-6-23-21(11-19)14-34-36(23)2)25(27)18-3-4-20(13-31)22(29)12-18/h3-6,11-12,14-15,17H,7-10,16H2,1-2H3. The molecule has 1 saturated heterocycles. The van der Waals surface area contributed by atoms with Gasteiger partial charge in [-0.05, 0) is 49.7 Å². The molecule has 2 aromatic carbocycles. The Morgan fingerprint density at radius 3 is 2.54 bits per heavy atom. The second-order valence-electron chi connectivity index (χ2n) is 9.89. The van der Waals surface area contributed by atoms with Gasteiger partial charge in [-0.25, -0.2) is 13.8 Å². The predicted molar refractivity (Wildman–Crippen MR) is 138 cm³/mol. The first-order valence-electron chi connectivity index (χ1n) is 12.2. The van der Waals surface area contributed by atoms with Crippen molar-refractivity contribution in [3.8, 4) is 28.5 Å². The number of piperidine rings is 1. The summed E-state index contributed by atoms with van der Waals surface area (Å²) in [6.07, 6.45) is 6.05. The first kappa shape index (κ1) is 23.3. The quantitative estimate of drug-likeness (QED) is 0.346. The lowest BCUT2D eigenvalue weighted by molar-refractivity contribution is 0.0541. The minimum absolute atomic E-state index is 0.0330. The van der Waals surface area contributed by atoms with Gasteiger partial charge in [0.1, 0.15) is 23.1 Å². The maximum atomic E-state index is 15.7. The van der Waals surface area contributed by atoms with Crippen LogP contribution >= 0.6 is 0 Å². The number of hydrogen-bond acceptors (Lipinski definition) is 5. The van der Waals surface area contributed by atoms with Crippen LogP contribution in [0, 0.1) is 17.1 Å². The first-order valence-corrected chi connectivity index (χ1v) is 12.2. The molecule has 186 valence electrons. The van der Waals surface area contributed by atoms with Gasteiger partial charge in [0.05, 0.1) is 47.6 Å². The summed E-state index contributed by atoms with van der Waals surface area (Å²) in [5.41, 5.74) is 3.55. The van der Waals surface area contributed by atoms with Crippen molar-refractivity contribution < 1.29 is 8.78 Å². The molecule has 1 fully saturated rings. The molecule has 4 heterocycles. The van der Waals surface area contributed by atoms with Crippen LogP contribution in [0.2, 0.25) is 0 Å². The molecule has 0 spiro atoms. The zero-order chi connectivity index (χ0) is 25.7. The Morgan fingerprint density at radius 2 is 1.78 bits per heavy atom. The zero-order valence-electron chi connectivity index (χ0n) is 20.6. The smallest absolute Gasteiger partial charge is 0.141 e. The van der Waals surface area contributed by atoms with Crippen molar-refractivity contribution in [1.29, 1.82) is 5.26 Å². The molecule has 0 aliphatic carbocycles. The summed E-state index contributed by atoms with van der Waals surface area (Å²) in [4.78, 5) is 11.6. The fourth-order valence-electron chi connectivity index (χ4n) is 5.20. The second-order valence-corrected chi connectivity index (χ2v) is 9.89. The molecule has 0 N–H and O–H groups in total. The number of nitriles is 1. The van der Waals surface area contributed by atoms with E-state index in [1.165, 1.54) is 12.1 Å². The van der Waals surface area contributed by atoms with E-state index in [-0.39, 0.29) is 12.1 Å². The third-order valence-corrected chi connectivity index (χ3v) is 7.40. The summed E-state index contributed by atoms with van der Waals surface area (Å²) in [5, 5.41) is 14.5. The van der Waals surface area contributed by atoms with Crippen LogP contribution < -0.4 is 0 Å². The van der Waals surface area contributed by atoms with E-state index in [0.29, 0.717) is 53.8 Å². The molecule has 6 rings (SSSR count). The van der Waals surface area contributed by atoms with E-state index in [2.05, 4.69) is 15.0 Å². The summed E-state index contributed by atoms with van der Waals surface area (Å²) in [7, 11) is 3.88. The van der Waals surface area contributed by atoms with Crippen LogP contribution in [0.3, 0.4) is 0 Å². The Balaban J connectivity index is 1.52. The van der Waals surface area contributed by atoms with E-state index >= 15 is 4.39 Å². The molecule has 9 heteroatoms. The van der Waals surface area contributed by atoms with Crippen LogP contribution in [0.15, 0.2) is 55.1 Å².